The maximum absolute atomic E-state index is 5.73. The molecule has 2 N–H and O–H groups in total. The number of ether oxygens (including phenoxy) is 1. The molecule has 0 aliphatic carbocycles. The van der Waals surface area contributed by atoms with Crippen LogP contribution in [0.25, 0.3) is 0 Å². The minimum Gasteiger partial charge on any atom is -0.497 e. The van der Waals surface area contributed by atoms with Crippen LogP contribution in [-0.4, -0.2) is 18.6 Å². The van der Waals surface area contributed by atoms with Gasteiger partial charge in [0.2, 0.25) is 0 Å². The molecule has 0 atom stereocenters. The zero-order valence-corrected chi connectivity index (χ0v) is 14.1. The summed E-state index contributed by atoms with van der Waals surface area (Å²) in [6.07, 6.45) is 1.77. The van der Waals surface area contributed by atoms with Crippen molar-refractivity contribution in [2.45, 2.75) is 39.0 Å². The summed E-state index contributed by atoms with van der Waals surface area (Å²) < 4.78 is 5.19. The lowest BCUT2D eigenvalue weighted by Crippen LogP contribution is -2.15. The molecule has 0 radical (unpaired) electrons. The van der Waals surface area contributed by atoms with Crippen molar-refractivity contribution < 1.29 is 4.74 Å². The molecular formula is C17H24N2OS. The Hall–Kier alpha value is -1.39. The van der Waals surface area contributed by atoms with Gasteiger partial charge in [-0.05, 0) is 30.7 Å². The van der Waals surface area contributed by atoms with Crippen LogP contribution in [0.2, 0.25) is 0 Å². The first-order valence-electron chi connectivity index (χ1n) is 7.26. The van der Waals surface area contributed by atoms with Gasteiger partial charge in [-0.1, -0.05) is 32.9 Å². The van der Waals surface area contributed by atoms with Gasteiger partial charge in [0.25, 0.3) is 0 Å². The number of hydrogen-bond acceptors (Lipinski definition) is 4. The molecule has 0 unspecified atom stereocenters. The first kappa shape index (κ1) is 16.0. The van der Waals surface area contributed by atoms with Crippen molar-refractivity contribution in [2.75, 3.05) is 13.7 Å². The van der Waals surface area contributed by atoms with Crippen LogP contribution in [0.3, 0.4) is 0 Å². The monoisotopic (exact) mass is 304 g/mol. The van der Waals surface area contributed by atoms with E-state index in [1.165, 1.54) is 16.1 Å². The van der Waals surface area contributed by atoms with Crippen molar-refractivity contribution >= 4 is 11.3 Å². The third-order valence-electron chi connectivity index (χ3n) is 3.34. The average Bonchev–Trinajstić information content (AvgIpc) is 2.83. The van der Waals surface area contributed by atoms with Gasteiger partial charge >= 0.3 is 0 Å². The Bertz CT molecular complexity index is 582. The van der Waals surface area contributed by atoms with Crippen LogP contribution < -0.4 is 10.5 Å². The molecule has 0 saturated heterocycles. The lowest BCUT2D eigenvalue weighted by Gasteiger charge is -2.17. The SMILES string of the molecule is COc1ccc(Cc2nc(C(C)(C)C)c(CCN)s2)cc1. The Balaban J connectivity index is 2.23. The van der Waals surface area contributed by atoms with E-state index in [0.29, 0.717) is 6.54 Å². The predicted molar refractivity (Wildman–Crippen MR) is 89.4 cm³/mol. The van der Waals surface area contributed by atoms with Gasteiger partial charge in [-0.15, -0.1) is 11.3 Å². The smallest absolute Gasteiger partial charge is 0.118 e. The molecule has 1 heterocycles. The predicted octanol–water partition coefficient (Wildman–Crippen LogP) is 3.54. The summed E-state index contributed by atoms with van der Waals surface area (Å²) in [6.45, 7) is 7.30. The van der Waals surface area contributed by atoms with E-state index >= 15 is 0 Å². The first-order chi connectivity index (χ1) is 9.94. The summed E-state index contributed by atoms with van der Waals surface area (Å²) in [5, 5.41) is 1.16. The summed E-state index contributed by atoms with van der Waals surface area (Å²) >= 11 is 1.79. The number of rotatable bonds is 5. The van der Waals surface area contributed by atoms with Crippen LogP contribution >= 0.6 is 11.3 Å². The van der Waals surface area contributed by atoms with Gasteiger partial charge in [-0.25, -0.2) is 4.98 Å². The molecule has 0 fully saturated rings. The van der Waals surface area contributed by atoms with Gasteiger partial charge in [-0.3, -0.25) is 0 Å². The first-order valence-corrected chi connectivity index (χ1v) is 8.07. The number of benzene rings is 1. The van der Waals surface area contributed by atoms with Crippen molar-refractivity contribution in [3.63, 3.8) is 0 Å². The number of nitrogens with two attached hydrogens (primary N) is 1. The second kappa shape index (κ2) is 6.58. The molecule has 2 rings (SSSR count). The molecule has 0 bridgehead atoms. The van der Waals surface area contributed by atoms with Gasteiger partial charge in [-0.2, -0.15) is 0 Å². The Morgan fingerprint density at radius 3 is 2.38 bits per heavy atom. The molecule has 1 aromatic heterocycles. The topological polar surface area (TPSA) is 48.1 Å². The van der Waals surface area contributed by atoms with Crippen LogP contribution in [0.4, 0.5) is 0 Å². The Kier molecular flexibility index (Phi) is 5.01. The Labute approximate surface area is 131 Å². The molecule has 0 amide bonds. The van der Waals surface area contributed by atoms with E-state index < -0.39 is 0 Å². The van der Waals surface area contributed by atoms with E-state index in [9.17, 15) is 0 Å². The summed E-state index contributed by atoms with van der Waals surface area (Å²) in [7, 11) is 1.69. The zero-order chi connectivity index (χ0) is 15.5. The highest BCUT2D eigenvalue weighted by Gasteiger charge is 2.22. The number of aromatic nitrogens is 1. The van der Waals surface area contributed by atoms with E-state index in [-0.39, 0.29) is 5.41 Å². The highest BCUT2D eigenvalue weighted by atomic mass is 32.1. The maximum Gasteiger partial charge on any atom is 0.118 e. The molecule has 1 aromatic carbocycles. The van der Waals surface area contributed by atoms with Gasteiger partial charge in [0.1, 0.15) is 5.75 Å². The number of hydrogen-bond donors (Lipinski definition) is 1. The van der Waals surface area contributed by atoms with Crippen molar-refractivity contribution in [2.24, 2.45) is 5.73 Å². The van der Waals surface area contributed by atoms with E-state index in [1.807, 2.05) is 12.1 Å². The zero-order valence-electron chi connectivity index (χ0n) is 13.3. The lowest BCUT2D eigenvalue weighted by molar-refractivity contribution is 0.414. The van der Waals surface area contributed by atoms with E-state index in [0.717, 1.165) is 23.6 Å². The fraction of sp³-hybridized carbons (Fsp3) is 0.471. The minimum absolute atomic E-state index is 0.0686. The van der Waals surface area contributed by atoms with Crippen LogP contribution in [0.15, 0.2) is 24.3 Å². The normalized spacial score (nSPS) is 11.7. The van der Waals surface area contributed by atoms with E-state index in [2.05, 4.69) is 32.9 Å². The molecule has 0 aliphatic rings. The standard InChI is InChI=1S/C17H24N2OS/c1-17(2,3)16-14(9-10-18)21-15(19-16)11-12-5-7-13(20-4)8-6-12/h5-8H,9-11,18H2,1-4H3. The van der Waals surface area contributed by atoms with Crippen LogP contribution in [0.5, 0.6) is 5.75 Å². The summed E-state index contributed by atoms with van der Waals surface area (Å²) in [6, 6.07) is 8.18. The van der Waals surface area contributed by atoms with Crippen molar-refractivity contribution in [3.05, 3.63) is 45.4 Å². The molecule has 114 valence electrons. The van der Waals surface area contributed by atoms with Gasteiger partial charge in [0.15, 0.2) is 0 Å². The third-order valence-corrected chi connectivity index (χ3v) is 4.45. The van der Waals surface area contributed by atoms with E-state index in [1.54, 1.807) is 18.4 Å². The van der Waals surface area contributed by atoms with Gasteiger partial charge < -0.3 is 10.5 Å². The molecule has 2 aromatic rings. The largest absolute Gasteiger partial charge is 0.497 e. The van der Waals surface area contributed by atoms with Crippen molar-refractivity contribution in [1.29, 1.82) is 0 Å². The average molecular weight is 304 g/mol. The summed E-state index contributed by atoms with van der Waals surface area (Å²) in [4.78, 5) is 6.20. The second-order valence-electron chi connectivity index (χ2n) is 6.19. The number of methoxy groups -OCH3 is 1. The van der Waals surface area contributed by atoms with Crippen molar-refractivity contribution in [3.8, 4) is 5.75 Å². The quantitative estimate of drug-likeness (QED) is 0.919. The van der Waals surface area contributed by atoms with E-state index in [4.69, 9.17) is 15.5 Å². The minimum atomic E-state index is 0.0686. The molecule has 0 aliphatic heterocycles. The summed E-state index contributed by atoms with van der Waals surface area (Å²) in [5.41, 5.74) is 8.25. The van der Waals surface area contributed by atoms with Gasteiger partial charge in [0, 0.05) is 16.7 Å². The van der Waals surface area contributed by atoms with Crippen molar-refractivity contribution in [1.82, 2.24) is 4.98 Å². The highest BCUT2D eigenvalue weighted by Crippen LogP contribution is 2.31. The fourth-order valence-electron chi connectivity index (χ4n) is 2.28. The highest BCUT2D eigenvalue weighted by molar-refractivity contribution is 7.11. The lowest BCUT2D eigenvalue weighted by atomic mass is 9.91. The molecule has 21 heavy (non-hydrogen) atoms. The molecule has 4 heteroatoms. The Morgan fingerprint density at radius 1 is 1.19 bits per heavy atom. The van der Waals surface area contributed by atoms with Gasteiger partial charge in [0.05, 0.1) is 17.8 Å². The third kappa shape index (κ3) is 4.05. The van der Waals surface area contributed by atoms with Crippen LogP contribution in [0, 0.1) is 0 Å². The molecule has 0 saturated carbocycles. The summed E-state index contributed by atoms with van der Waals surface area (Å²) in [5.74, 6) is 0.886. The maximum atomic E-state index is 5.73. The second-order valence-corrected chi connectivity index (χ2v) is 7.36. The number of thiazole rings is 1. The fourth-order valence-corrected chi connectivity index (χ4v) is 3.61. The van der Waals surface area contributed by atoms with Crippen LogP contribution in [0.1, 0.15) is 41.9 Å². The molecular weight excluding hydrogens is 280 g/mol. The molecule has 3 nitrogen and oxygen atoms in total. The Morgan fingerprint density at radius 2 is 1.86 bits per heavy atom. The van der Waals surface area contributed by atoms with Crippen LogP contribution in [-0.2, 0) is 18.3 Å². The number of nitrogens with zero attached hydrogens (tertiary/aromatic N) is 1. The molecule has 0 spiro atoms.